The van der Waals surface area contributed by atoms with Crippen LogP contribution in [0.25, 0.3) is 11.0 Å². The van der Waals surface area contributed by atoms with Gasteiger partial charge in [0.1, 0.15) is 24.2 Å². The van der Waals surface area contributed by atoms with E-state index in [2.05, 4.69) is 30.3 Å². The third kappa shape index (κ3) is 4.07. The number of rotatable bonds is 5. The molecule has 0 aliphatic carbocycles. The molecule has 1 amide bonds. The van der Waals surface area contributed by atoms with Gasteiger partial charge in [-0.2, -0.15) is 0 Å². The lowest BCUT2D eigenvalue weighted by Gasteiger charge is -2.24. The van der Waals surface area contributed by atoms with Crippen LogP contribution in [0.2, 0.25) is 0 Å². The number of amides is 1. The Morgan fingerprint density at radius 2 is 2.21 bits per heavy atom. The van der Waals surface area contributed by atoms with Gasteiger partial charge in [-0.25, -0.2) is 18.4 Å². The first kappa shape index (κ1) is 19.0. The van der Waals surface area contributed by atoms with E-state index in [1.54, 1.807) is 18.2 Å². The molecule has 0 radical (unpaired) electrons. The lowest BCUT2D eigenvalue weighted by molar-refractivity contribution is 0.0947. The quantitative estimate of drug-likeness (QED) is 0.398. The SMILES string of the molecule is CS(=O)(=O)Nc1c[nH]c2c(C(=O)NCc3ccc4c(c3)NC(O)CO4)ncnc12. The van der Waals surface area contributed by atoms with E-state index in [-0.39, 0.29) is 24.5 Å². The molecule has 0 spiro atoms. The topological polar surface area (TPSA) is 158 Å². The number of nitrogens with zero attached hydrogens (tertiary/aromatic N) is 2. The molecule has 0 saturated carbocycles. The van der Waals surface area contributed by atoms with Crippen molar-refractivity contribution in [2.45, 2.75) is 12.8 Å². The molecule has 3 aromatic rings. The Hall–Kier alpha value is -3.38. The molecule has 3 heterocycles. The highest BCUT2D eigenvalue weighted by Gasteiger charge is 2.19. The maximum Gasteiger partial charge on any atom is 0.272 e. The average Bonchev–Trinajstić information content (AvgIpc) is 3.07. The van der Waals surface area contributed by atoms with Crippen LogP contribution in [0.3, 0.4) is 0 Å². The van der Waals surface area contributed by atoms with Crippen LogP contribution in [0.5, 0.6) is 5.75 Å². The standard InChI is InChI=1S/C17H18N6O5S/c1-29(26,27)23-11-6-18-15-14(11)20-8-21-16(15)17(25)19-5-9-2-3-12-10(4-9)22-13(24)7-28-12/h2-4,6,8,13,18,22-24H,5,7H2,1H3,(H,19,25). The number of ether oxygens (including phenoxy) is 1. The summed E-state index contributed by atoms with van der Waals surface area (Å²) in [7, 11) is -3.49. The lowest BCUT2D eigenvalue weighted by Crippen LogP contribution is -2.31. The summed E-state index contributed by atoms with van der Waals surface area (Å²) in [5.41, 5.74) is 2.36. The van der Waals surface area contributed by atoms with Crippen LogP contribution in [-0.2, 0) is 16.6 Å². The van der Waals surface area contributed by atoms with Crippen molar-refractivity contribution in [1.82, 2.24) is 20.3 Å². The summed E-state index contributed by atoms with van der Waals surface area (Å²) >= 11 is 0. The zero-order chi connectivity index (χ0) is 20.6. The number of aliphatic hydroxyl groups excluding tert-OH is 1. The number of carbonyl (C=O) groups excluding carboxylic acids is 1. The Bertz CT molecular complexity index is 1190. The van der Waals surface area contributed by atoms with Crippen molar-refractivity contribution in [3.63, 3.8) is 0 Å². The molecule has 152 valence electrons. The fourth-order valence-corrected chi connectivity index (χ4v) is 3.53. The number of aromatic amines is 1. The molecule has 11 nitrogen and oxygen atoms in total. The minimum Gasteiger partial charge on any atom is -0.487 e. The fraction of sp³-hybridized carbons (Fsp3) is 0.235. The molecule has 0 fully saturated rings. The number of hydrogen-bond donors (Lipinski definition) is 5. The molecular formula is C17H18N6O5S. The van der Waals surface area contributed by atoms with E-state index >= 15 is 0 Å². The van der Waals surface area contributed by atoms with Crippen LogP contribution in [0.4, 0.5) is 11.4 Å². The average molecular weight is 418 g/mol. The number of fused-ring (bicyclic) bond motifs is 2. The van der Waals surface area contributed by atoms with E-state index in [9.17, 15) is 18.3 Å². The van der Waals surface area contributed by atoms with Crippen molar-refractivity contribution < 1.29 is 23.1 Å². The highest BCUT2D eigenvalue weighted by atomic mass is 32.2. The van der Waals surface area contributed by atoms with Gasteiger partial charge < -0.3 is 25.5 Å². The van der Waals surface area contributed by atoms with Gasteiger partial charge in [-0.3, -0.25) is 9.52 Å². The van der Waals surface area contributed by atoms with Crippen molar-refractivity contribution in [2.75, 3.05) is 22.9 Å². The van der Waals surface area contributed by atoms with Crippen molar-refractivity contribution in [1.29, 1.82) is 0 Å². The molecule has 0 saturated heterocycles. The van der Waals surface area contributed by atoms with Gasteiger partial charge in [0.15, 0.2) is 11.9 Å². The second kappa shape index (κ2) is 7.22. The summed E-state index contributed by atoms with van der Waals surface area (Å²) in [6.07, 6.45) is 2.85. The number of carbonyl (C=O) groups is 1. The molecule has 1 aromatic carbocycles. The van der Waals surface area contributed by atoms with Gasteiger partial charge in [0.25, 0.3) is 5.91 Å². The van der Waals surface area contributed by atoms with Crippen molar-refractivity contribution in [2.24, 2.45) is 0 Å². The number of hydrogen-bond acceptors (Lipinski definition) is 8. The minimum absolute atomic E-state index is 0.0893. The van der Waals surface area contributed by atoms with Gasteiger partial charge in [-0.15, -0.1) is 0 Å². The second-order valence-corrected chi connectivity index (χ2v) is 8.26. The van der Waals surface area contributed by atoms with Crippen LogP contribution in [-0.4, -0.2) is 53.5 Å². The fourth-order valence-electron chi connectivity index (χ4n) is 2.97. The Labute approximate surface area is 165 Å². The van der Waals surface area contributed by atoms with Gasteiger partial charge in [0.05, 0.1) is 23.1 Å². The second-order valence-electron chi connectivity index (χ2n) is 6.51. The number of anilines is 2. The molecule has 1 unspecified atom stereocenters. The third-order valence-corrected chi connectivity index (χ3v) is 4.78. The predicted octanol–water partition coefficient (Wildman–Crippen LogP) is 0.382. The third-order valence-electron chi connectivity index (χ3n) is 4.19. The van der Waals surface area contributed by atoms with Gasteiger partial charge >= 0.3 is 0 Å². The molecule has 1 atom stereocenters. The van der Waals surface area contributed by atoms with Crippen molar-refractivity contribution in [3.05, 3.63) is 42.0 Å². The molecular weight excluding hydrogens is 400 g/mol. The summed E-state index contributed by atoms with van der Waals surface area (Å²) in [5.74, 6) is 0.173. The summed E-state index contributed by atoms with van der Waals surface area (Å²) in [4.78, 5) is 23.5. The van der Waals surface area contributed by atoms with E-state index in [1.165, 1.54) is 12.5 Å². The van der Waals surface area contributed by atoms with Crippen LogP contribution >= 0.6 is 0 Å². The highest BCUT2D eigenvalue weighted by molar-refractivity contribution is 7.92. The van der Waals surface area contributed by atoms with E-state index in [0.29, 0.717) is 22.5 Å². The summed E-state index contributed by atoms with van der Waals surface area (Å²) < 4.78 is 30.7. The number of aromatic nitrogens is 3. The van der Waals surface area contributed by atoms with Crippen molar-refractivity contribution >= 4 is 38.3 Å². The zero-order valence-electron chi connectivity index (χ0n) is 15.3. The molecule has 1 aliphatic rings. The Kier molecular flexibility index (Phi) is 4.72. The Morgan fingerprint density at radius 3 is 3.00 bits per heavy atom. The number of sulfonamides is 1. The molecule has 0 bridgehead atoms. The molecule has 4 rings (SSSR count). The van der Waals surface area contributed by atoms with Gasteiger partial charge in [-0.05, 0) is 17.7 Å². The van der Waals surface area contributed by atoms with E-state index in [0.717, 1.165) is 11.8 Å². The van der Waals surface area contributed by atoms with Gasteiger partial charge in [0, 0.05) is 12.7 Å². The smallest absolute Gasteiger partial charge is 0.272 e. The number of nitrogens with one attached hydrogen (secondary N) is 4. The van der Waals surface area contributed by atoms with Gasteiger partial charge in [-0.1, -0.05) is 6.07 Å². The predicted molar refractivity (Wildman–Crippen MR) is 105 cm³/mol. The van der Waals surface area contributed by atoms with Crippen LogP contribution < -0.4 is 20.1 Å². The monoisotopic (exact) mass is 418 g/mol. The van der Waals surface area contributed by atoms with Gasteiger partial charge in [0.2, 0.25) is 10.0 Å². The van der Waals surface area contributed by atoms with E-state index in [4.69, 9.17) is 4.74 Å². The zero-order valence-corrected chi connectivity index (χ0v) is 16.1. The first-order chi connectivity index (χ1) is 13.8. The summed E-state index contributed by atoms with van der Waals surface area (Å²) in [6, 6.07) is 5.33. The number of aliphatic hydroxyl groups is 1. The molecule has 5 N–H and O–H groups in total. The van der Waals surface area contributed by atoms with E-state index in [1.807, 2.05) is 0 Å². The van der Waals surface area contributed by atoms with Crippen LogP contribution in [0.15, 0.2) is 30.7 Å². The lowest BCUT2D eigenvalue weighted by atomic mass is 10.1. The number of H-pyrrole nitrogens is 1. The van der Waals surface area contributed by atoms with E-state index < -0.39 is 22.2 Å². The molecule has 29 heavy (non-hydrogen) atoms. The molecule has 12 heteroatoms. The first-order valence-electron chi connectivity index (χ1n) is 8.58. The minimum atomic E-state index is -3.49. The molecule has 2 aromatic heterocycles. The summed E-state index contributed by atoms with van der Waals surface area (Å²) in [5, 5.41) is 15.3. The normalized spacial score (nSPS) is 15.9. The largest absolute Gasteiger partial charge is 0.487 e. The Morgan fingerprint density at radius 1 is 1.38 bits per heavy atom. The molecule has 1 aliphatic heterocycles. The first-order valence-corrected chi connectivity index (χ1v) is 10.5. The summed E-state index contributed by atoms with van der Waals surface area (Å²) in [6.45, 7) is 0.379. The van der Waals surface area contributed by atoms with Crippen LogP contribution in [0, 0.1) is 0 Å². The van der Waals surface area contributed by atoms with Crippen LogP contribution in [0.1, 0.15) is 16.1 Å². The maximum absolute atomic E-state index is 12.6. The Balaban J connectivity index is 1.52. The highest BCUT2D eigenvalue weighted by Crippen LogP contribution is 2.29. The number of benzene rings is 1. The van der Waals surface area contributed by atoms with Crippen molar-refractivity contribution in [3.8, 4) is 5.75 Å². The maximum atomic E-state index is 12.6.